The van der Waals surface area contributed by atoms with Crippen molar-refractivity contribution in [2.45, 2.75) is 99.3 Å². The van der Waals surface area contributed by atoms with Crippen LogP contribution in [-0.4, -0.2) is 20.4 Å². The van der Waals surface area contributed by atoms with Gasteiger partial charge in [0.1, 0.15) is 0 Å². The van der Waals surface area contributed by atoms with E-state index >= 15 is 0 Å². The standard InChI is InChI=1S/C87H72BN3/c1-49-43-55(89-70-34-22-16-28-64(70)76-73(89)40-37-61-58-25-13-19-31-67(58)85(7,8)79(61)76)44-50(2)82(49)88(83-51(3)45-56(46-52(83)4)90-71-35-23-17-29-65(71)77-74(90)41-38-62-59-26-14-20-32-68(59)86(9,10)80(62)77)84-53(5)47-57(48-54(84)6)91-72-36-24-18-30-66(72)78-75(91)42-39-63-60-27-15-21-33-69(60)87(11,12)81(63)78/h13-48H,1-12H3. The Hall–Kier alpha value is -9.90. The molecule has 15 aromatic rings. The molecule has 0 saturated carbocycles. The Balaban J connectivity index is 0.851. The molecule has 0 radical (unpaired) electrons. The monoisotopic (exact) mass is 1170 g/mol. The second kappa shape index (κ2) is 18.6. The van der Waals surface area contributed by atoms with Gasteiger partial charge in [-0.1, -0.05) is 237 Å². The summed E-state index contributed by atoms with van der Waals surface area (Å²) in [6.07, 6.45) is 0. The molecule has 12 aromatic carbocycles. The Bertz CT molecular complexity index is 5130. The molecule has 3 aromatic heterocycles. The van der Waals surface area contributed by atoms with Crippen molar-refractivity contribution >= 4 is 88.5 Å². The van der Waals surface area contributed by atoms with E-state index in [0.29, 0.717) is 0 Å². The van der Waals surface area contributed by atoms with Gasteiger partial charge in [0.25, 0.3) is 0 Å². The highest BCUT2D eigenvalue weighted by Crippen LogP contribution is 2.57. The van der Waals surface area contributed by atoms with Gasteiger partial charge in [-0.15, -0.1) is 0 Å². The highest BCUT2D eigenvalue weighted by molar-refractivity contribution is 6.97. The Morgan fingerprint density at radius 3 is 0.769 bits per heavy atom. The Morgan fingerprint density at radius 2 is 0.495 bits per heavy atom. The van der Waals surface area contributed by atoms with Crippen LogP contribution < -0.4 is 16.4 Å². The van der Waals surface area contributed by atoms with Gasteiger partial charge in [0, 0.05) is 65.6 Å². The number of aryl methyl sites for hydroxylation is 6. The SMILES string of the molecule is Cc1cc(-n2c3ccccc3c3c4c(ccc32)-c2ccccc2C4(C)C)cc(C)c1B(c1c(C)cc(-n2c3ccccc3c3c4c(ccc32)-c2ccccc2C4(C)C)cc1C)c1c(C)cc(-n2c3ccccc3c3c4c(ccc32)-c2ccccc2C4(C)C)cc1C. The van der Waals surface area contributed by atoms with Crippen LogP contribution in [0.3, 0.4) is 0 Å². The zero-order valence-corrected chi connectivity index (χ0v) is 54.2. The molecule has 0 saturated heterocycles. The van der Waals surface area contributed by atoms with Crippen molar-refractivity contribution in [2.24, 2.45) is 0 Å². The molecule has 0 amide bonds. The predicted octanol–water partition coefficient (Wildman–Crippen LogP) is 20.3. The molecule has 91 heavy (non-hydrogen) atoms. The molecule has 0 spiro atoms. The van der Waals surface area contributed by atoms with Crippen molar-refractivity contribution in [3.05, 3.63) is 285 Å². The first kappa shape index (κ1) is 54.1. The molecule has 438 valence electrons. The number of benzene rings is 12. The first-order chi connectivity index (χ1) is 43.9. The van der Waals surface area contributed by atoms with Gasteiger partial charge in [-0.05, 0) is 181 Å². The van der Waals surface area contributed by atoms with Crippen LogP contribution in [0.15, 0.2) is 218 Å². The van der Waals surface area contributed by atoms with E-state index in [0.717, 1.165) is 0 Å². The van der Waals surface area contributed by atoms with E-state index in [1.807, 2.05) is 0 Å². The van der Waals surface area contributed by atoms with E-state index < -0.39 is 0 Å². The largest absolute Gasteiger partial charge is 0.309 e. The molecule has 4 heteroatoms. The minimum absolute atomic E-state index is 0.0840. The van der Waals surface area contributed by atoms with Crippen LogP contribution in [0.25, 0.3) is 116 Å². The summed E-state index contributed by atoms with van der Waals surface area (Å²) in [6, 6.07) is 83.8. The lowest BCUT2D eigenvalue weighted by Crippen LogP contribution is -2.57. The van der Waals surface area contributed by atoms with Crippen LogP contribution in [0.2, 0.25) is 0 Å². The molecule has 3 heterocycles. The minimum Gasteiger partial charge on any atom is -0.309 e. The van der Waals surface area contributed by atoms with E-state index in [2.05, 4.69) is 315 Å². The molecule has 0 atom stereocenters. The summed E-state index contributed by atoms with van der Waals surface area (Å²) in [4.78, 5) is 0. The number of aromatic nitrogens is 3. The summed E-state index contributed by atoms with van der Waals surface area (Å²) in [5, 5.41) is 7.96. The van der Waals surface area contributed by atoms with Crippen molar-refractivity contribution in [1.82, 2.24) is 13.7 Å². The third-order valence-electron chi connectivity index (χ3n) is 22.4. The average molecular weight is 1170 g/mol. The lowest BCUT2D eigenvalue weighted by molar-refractivity contribution is 0.666. The zero-order chi connectivity index (χ0) is 62.0. The zero-order valence-electron chi connectivity index (χ0n) is 54.2. The van der Waals surface area contributed by atoms with Crippen LogP contribution in [0, 0.1) is 41.5 Å². The maximum atomic E-state index is 2.56. The molecule has 0 aliphatic heterocycles. The summed E-state index contributed by atoms with van der Waals surface area (Å²) in [5.41, 5.74) is 38.9. The molecule has 0 fully saturated rings. The third kappa shape index (κ3) is 7.06. The fraction of sp³-hybridized carbons (Fsp3) is 0.172. The highest BCUT2D eigenvalue weighted by Gasteiger charge is 2.42. The number of hydrogen-bond donors (Lipinski definition) is 0. The number of para-hydroxylation sites is 3. The van der Waals surface area contributed by atoms with Crippen LogP contribution in [0.5, 0.6) is 0 Å². The average Bonchev–Trinajstić information content (AvgIpc) is 1.58. The molecule has 3 aliphatic carbocycles. The smallest absolute Gasteiger partial charge is 0.243 e. The van der Waals surface area contributed by atoms with Crippen LogP contribution in [0.1, 0.15) is 108 Å². The highest BCUT2D eigenvalue weighted by atomic mass is 15.0. The fourth-order valence-corrected chi connectivity index (χ4v) is 18.9. The van der Waals surface area contributed by atoms with E-state index in [1.54, 1.807) is 0 Å². The van der Waals surface area contributed by atoms with Gasteiger partial charge >= 0.3 is 0 Å². The Labute approximate surface area is 534 Å². The Morgan fingerprint density at radius 1 is 0.253 bits per heavy atom. The third-order valence-corrected chi connectivity index (χ3v) is 22.4. The second-order valence-electron chi connectivity index (χ2n) is 28.6. The van der Waals surface area contributed by atoms with Gasteiger partial charge in [-0.25, -0.2) is 0 Å². The number of fused-ring (bicyclic) bond motifs is 21. The summed E-state index contributed by atoms with van der Waals surface area (Å²) in [7, 11) is 0. The quantitative estimate of drug-likeness (QED) is 0.147. The molecule has 3 nitrogen and oxygen atoms in total. The first-order valence-corrected chi connectivity index (χ1v) is 32.8. The van der Waals surface area contributed by atoms with Crippen molar-refractivity contribution in [3.8, 4) is 50.4 Å². The molecular formula is C87H72BN3. The minimum atomic E-state index is -0.157. The summed E-state index contributed by atoms with van der Waals surface area (Å²) >= 11 is 0. The maximum absolute atomic E-state index is 2.56. The van der Waals surface area contributed by atoms with Gasteiger partial charge in [-0.2, -0.15) is 0 Å². The van der Waals surface area contributed by atoms with Gasteiger partial charge in [-0.3, -0.25) is 0 Å². The summed E-state index contributed by atoms with van der Waals surface area (Å²) in [6.45, 7) is 28.7. The number of nitrogens with zero attached hydrogens (tertiary/aromatic N) is 3. The fourth-order valence-electron chi connectivity index (χ4n) is 18.9. The number of rotatable bonds is 6. The lowest BCUT2D eigenvalue weighted by Gasteiger charge is -2.28. The second-order valence-corrected chi connectivity index (χ2v) is 28.6. The van der Waals surface area contributed by atoms with Crippen molar-refractivity contribution in [2.75, 3.05) is 0 Å². The van der Waals surface area contributed by atoms with Crippen molar-refractivity contribution in [3.63, 3.8) is 0 Å². The summed E-state index contributed by atoms with van der Waals surface area (Å²) in [5.74, 6) is 0. The van der Waals surface area contributed by atoms with Crippen molar-refractivity contribution < 1.29 is 0 Å². The molecule has 0 bridgehead atoms. The molecule has 18 rings (SSSR count). The van der Waals surface area contributed by atoms with Crippen LogP contribution in [0.4, 0.5) is 0 Å². The van der Waals surface area contributed by atoms with Gasteiger partial charge in [0.05, 0.1) is 33.1 Å². The predicted molar refractivity (Wildman–Crippen MR) is 388 cm³/mol. The van der Waals surface area contributed by atoms with Gasteiger partial charge in [0.15, 0.2) is 0 Å². The normalized spacial score (nSPS) is 14.6. The molecular weight excluding hydrogens is 1100 g/mol. The maximum Gasteiger partial charge on any atom is 0.243 e. The van der Waals surface area contributed by atoms with Crippen LogP contribution in [-0.2, 0) is 16.2 Å². The molecule has 0 unspecified atom stereocenters. The molecule has 3 aliphatic rings. The van der Waals surface area contributed by atoms with E-state index in [4.69, 9.17) is 0 Å². The first-order valence-electron chi connectivity index (χ1n) is 32.8. The van der Waals surface area contributed by atoms with Gasteiger partial charge in [0.2, 0.25) is 6.71 Å². The van der Waals surface area contributed by atoms with Crippen molar-refractivity contribution in [1.29, 1.82) is 0 Å². The topological polar surface area (TPSA) is 14.8 Å². The van der Waals surface area contributed by atoms with E-state index in [9.17, 15) is 0 Å². The summed E-state index contributed by atoms with van der Waals surface area (Å²) < 4.78 is 7.67. The number of hydrogen-bond acceptors (Lipinski definition) is 0. The van der Waals surface area contributed by atoms with E-state index in [-0.39, 0.29) is 23.0 Å². The van der Waals surface area contributed by atoms with E-state index in [1.165, 1.54) is 199 Å². The lowest BCUT2D eigenvalue weighted by atomic mass is 9.33. The van der Waals surface area contributed by atoms with Crippen LogP contribution >= 0.6 is 0 Å². The molecule has 0 N–H and O–H groups in total. The Kier molecular flexibility index (Phi) is 11.1. The van der Waals surface area contributed by atoms with Gasteiger partial charge < -0.3 is 13.7 Å².